The highest BCUT2D eigenvalue weighted by atomic mass is 16.7. The van der Waals surface area contributed by atoms with E-state index in [2.05, 4.69) is 5.32 Å². The molecular weight excluding hydrogens is 490 g/mol. The van der Waals surface area contributed by atoms with Crippen molar-refractivity contribution in [2.24, 2.45) is 7.05 Å². The summed E-state index contributed by atoms with van der Waals surface area (Å²) in [4.78, 5) is 25.0. The number of carbonyl (C=O) groups excluding carboxylic acids is 1. The number of aromatic hydroxyl groups is 1. The first-order valence-corrected chi connectivity index (χ1v) is 11.7. The highest BCUT2D eigenvalue weighted by molar-refractivity contribution is 5.90. The topological polar surface area (TPSA) is 113 Å². The number of nitrogens with zero attached hydrogens (tertiary/aromatic N) is 2. The van der Waals surface area contributed by atoms with Crippen LogP contribution in [0.15, 0.2) is 71.5 Å². The predicted molar refractivity (Wildman–Crippen MR) is 141 cm³/mol. The zero-order chi connectivity index (χ0) is 26.8. The Kier molecular flexibility index (Phi) is 6.53. The number of anilines is 2. The average molecular weight is 516 g/mol. The minimum atomic E-state index is -0.618. The first-order valence-electron chi connectivity index (χ1n) is 11.7. The van der Waals surface area contributed by atoms with Gasteiger partial charge in [-0.1, -0.05) is 6.07 Å². The van der Waals surface area contributed by atoms with Gasteiger partial charge in [-0.2, -0.15) is 0 Å². The summed E-state index contributed by atoms with van der Waals surface area (Å²) in [7, 11) is 3.27. The van der Waals surface area contributed by atoms with Gasteiger partial charge in [-0.25, -0.2) is 9.48 Å². The standard InChI is InChI=1S/C28H25N3O7/c1-17-12-27(33)31(30(17)2)20-8-6-19(7-9-20)29-21-14-25-26(37-16-36-25)15-23(21)38-28(34)11-5-18-4-10-22(32)24(13-18)35-3/h4-15,29,32H,16H2,1-3H3. The maximum absolute atomic E-state index is 12.7. The van der Waals surface area contributed by atoms with Crippen LogP contribution >= 0.6 is 0 Å². The molecule has 1 aromatic heterocycles. The summed E-state index contributed by atoms with van der Waals surface area (Å²) in [5, 5.41) is 13.0. The molecule has 1 aliphatic rings. The van der Waals surface area contributed by atoms with Crippen LogP contribution in [-0.2, 0) is 11.8 Å². The number of hydrogen-bond donors (Lipinski definition) is 2. The molecule has 0 spiro atoms. The van der Waals surface area contributed by atoms with Crippen LogP contribution in [0.25, 0.3) is 11.8 Å². The van der Waals surface area contributed by atoms with E-state index in [0.717, 1.165) is 5.69 Å². The summed E-state index contributed by atoms with van der Waals surface area (Å²) in [6.45, 7) is 1.93. The number of rotatable bonds is 7. The van der Waals surface area contributed by atoms with Crippen LogP contribution in [0.2, 0.25) is 0 Å². The molecule has 0 unspecified atom stereocenters. The van der Waals surface area contributed by atoms with Gasteiger partial charge in [0, 0.05) is 42.7 Å². The van der Waals surface area contributed by atoms with Crippen LogP contribution in [0, 0.1) is 6.92 Å². The predicted octanol–water partition coefficient (Wildman–Crippen LogP) is 4.29. The second kappa shape index (κ2) is 10.1. The summed E-state index contributed by atoms with van der Waals surface area (Å²) in [6, 6.07) is 16.8. The van der Waals surface area contributed by atoms with Crippen molar-refractivity contribution in [1.29, 1.82) is 0 Å². The third-order valence-corrected chi connectivity index (χ3v) is 6.04. The lowest BCUT2D eigenvalue weighted by molar-refractivity contribution is -0.128. The molecule has 1 aliphatic heterocycles. The number of aryl methyl sites for hydroxylation is 1. The molecule has 0 radical (unpaired) electrons. The number of nitrogens with one attached hydrogen (secondary N) is 1. The molecule has 0 fully saturated rings. The molecule has 194 valence electrons. The Hall–Kier alpha value is -5.12. The molecule has 10 heteroatoms. The number of methoxy groups -OCH3 is 1. The lowest BCUT2D eigenvalue weighted by Crippen LogP contribution is -2.19. The molecule has 5 rings (SSSR count). The Balaban J connectivity index is 1.37. The molecule has 0 saturated heterocycles. The molecule has 4 aromatic rings. The largest absolute Gasteiger partial charge is 0.504 e. The van der Waals surface area contributed by atoms with Crippen molar-refractivity contribution >= 4 is 23.4 Å². The molecule has 38 heavy (non-hydrogen) atoms. The highest BCUT2D eigenvalue weighted by Crippen LogP contribution is 2.42. The van der Waals surface area contributed by atoms with Crippen molar-refractivity contribution in [3.8, 4) is 34.4 Å². The average Bonchev–Trinajstić information content (AvgIpc) is 3.46. The Morgan fingerprint density at radius 2 is 1.76 bits per heavy atom. The number of phenols is 1. The summed E-state index contributed by atoms with van der Waals surface area (Å²) in [5.74, 6) is 0.891. The fourth-order valence-corrected chi connectivity index (χ4v) is 3.99. The third-order valence-electron chi connectivity index (χ3n) is 6.04. The Labute approximate surface area is 217 Å². The monoisotopic (exact) mass is 515 g/mol. The zero-order valence-electron chi connectivity index (χ0n) is 20.9. The highest BCUT2D eigenvalue weighted by Gasteiger charge is 2.20. The number of esters is 1. The zero-order valence-corrected chi connectivity index (χ0v) is 20.9. The fourth-order valence-electron chi connectivity index (χ4n) is 3.99. The molecule has 10 nitrogen and oxygen atoms in total. The van der Waals surface area contributed by atoms with Crippen LogP contribution in [0.1, 0.15) is 11.3 Å². The van der Waals surface area contributed by atoms with E-state index in [-0.39, 0.29) is 23.9 Å². The van der Waals surface area contributed by atoms with Crippen LogP contribution in [0.4, 0.5) is 11.4 Å². The van der Waals surface area contributed by atoms with E-state index in [9.17, 15) is 14.7 Å². The molecule has 0 bridgehead atoms. The van der Waals surface area contributed by atoms with Crippen LogP contribution in [0.5, 0.6) is 28.7 Å². The van der Waals surface area contributed by atoms with E-state index in [0.29, 0.717) is 39.9 Å². The van der Waals surface area contributed by atoms with Crippen LogP contribution in [-0.4, -0.2) is 34.3 Å². The molecule has 0 atom stereocenters. The molecular formula is C28H25N3O7. The van der Waals surface area contributed by atoms with Gasteiger partial charge in [0.15, 0.2) is 28.7 Å². The van der Waals surface area contributed by atoms with Crippen LogP contribution < -0.4 is 29.8 Å². The smallest absolute Gasteiger partial charge is 0.336 e. The molecule has 0 saturated carbocycles. The first kappa shape index (κ1) is 24.6. The van der Waals surface area contributed by atoms with Gasteiger partial charge in [-0.15, -0.1) is 0 Å². The van der Waals surface area contributed by atoms with Gasteiger partial charge in [-0.05, 0) is 55.0 Å². The van der Waals surface area contributed by atoms with Crippen molar-refractivity contribution in [3.63, 3.8) is 0 Å². The maximum atomic E-state index is 12.7. The van der Waals surface area contributed by atoms with Gasteiger partial charge in [-0.3, -0.25) is 9.48 Å². The number of aromatic nitrogens is 2. The number of hydrogen-bond acceptors (Lipinski definition) is 8. The van der Waals surface area contributed by atoms with Crippen molar-refractivity contribution < 1.29 is 28.8 Å². The van der Waals surface area contributed by atoms with Gasteiger partial charge in [0.1, 0.15) is 0 Å². The molecule has 0 amide bonds. The minimum Gasteiger partial charge on any atom is -0.504 e. The van der Waals surface area contributed by atoms with E-state index < -0.39 is 5.97 Å². The Morgan fingerprint density at radius 3 is 2.45 bits per heavy atom. The van der Waals surface area contributed by atoms with E-state index in [1.807, 2.05) is 38.2 Å². The van der Waals surface area contributed by atoms with Crippen molar-refractivity contribution in [2.75, 3.05) is 19.2 Å². The minimum absolute atomic E-state index is 0.00201. The lowest BCUT2D eigenvalue weighted by atomic mass is 10.2. The van der Waals surface area contributed by atoms with Gasteiger partial charge >= 0.3 is 5.97 Å². The van der Waals surface area contributed by atoms with Gasteiger partial charge in [0.2, 0.25) is 6.79 Å². The van der Waals surface area contributed by atoms with Crippen molar-refractivity contribution in [2.45, 2.75) is 6.92 Å². The van der Waals surface area contributed by atoms with Crippen LogP contribution in [0.3, 0.4) is 0 Å². The molecule has 0 aliphatic carbocycles. The number of benzene rings is 3. The maximum Gasteiger partial charge on any atom is 0.336 e. The number of phenolic OH excluding ortho intramolecular Hbond substituents is 1. The summed E-state index contributed by atoms with van der Waals surface area (Å²) in [5.41, 5.74) is 3.28. The van der Waals surface area contributed by atoms with Crippen molar-refractivity contribution in [1.82, 2.24) is 9.36 Å². The summed E-state index contributed by atoms with van der Waals surface area (Å²) >= 11 is 0. The fraction of sp³-hybridized carbons (Fsp3) is 0.143. The quantitative estimate of drug-likeness (QED) is 0.213. The Bertz CT molecular complexity index is 1600. The molecule has 2 heterocycles. The van der Waals surface area contributed by atoms with Gasteiger partial charge in [0.05, 0.1) is 18.5 Å². The molecule has 3 aromatic carbocycles. The second-order valence-electron chi connectivity index (χ2n) is 8.52. The van der Waals surface area contributed by atoms with E-state index >= 15 is 0 Å². The third kappa shape index (κ3) is 4.92. The van der Waals surface area contributed by atoms with Gasteiger partial charge in [0.25, 0.3) is 5.56 Å². The second-order valence-corrected chi connectivity index (χ2v) is 8.52. The summed E-state index contributed by atoms with van der Waals surface area (Å²) in [6.07, 6.45) is 2.82. The first-order chi connectivity index (χ1) is 18.3. The normalized spacial score (nSPS) is 12.1. The number of ether oxygens (including phenoxy) is 4. The summed E-state index contributed by atoms with van der Waals surface area (Å²) < 4.78 is 25.0. The van der Waals surface area contributed by atoms with E-state index in [4.69, 9.17) is 18.9 Å². The van der Waals surface area contributed by atoms with Gasteiger partial charge < -0.3 is 29.4 Å². The van der Waals surface area contributed by atoms with Crippen molar-refractivity contribution in [3.05, 3.63) is 88.4 Å². The number of carbonyl (C=O) groups is 1. The lowest BCUT2D eigenvalue weighted by Gasteiger charge is -2.14. The molecule has 2 N–H and O–H groups in total. The van der Waals surface area contributed by atoms with E-state index in [1.165, 1.54) is 19.3 Å². The Morgan fingerprint density at radius 1 is 1.03 bits per heavy atom. The number of fused-ring (bicyclic) bond motifs is 1. The SMILES string of the molecule is COc1cc(C=CC(=O)Oc2cc3c(cc2Nc2ccc(-n4c(=O)cc(C)n4C)cc2)OCO3)ccc1O. The van der Waals surface area contributed by atoms with E-state index in [1.54, 1.807) is 45.8 Å².